The SMILES string of the molecule is CC(C)c1cc2ccccc2[cH-]1.[Cl-].[Cl-].[Ti+3]. The van der Waals surface area contributed by atoms with Crippen LogP contribution in [0.4, 0.5) is 0 Å². The van der Waals surface area contributed by atoms with Crippen molar-refractivity contribution in [2.75, 3.05) is 0 Å². The zero-order chi connectivity index (χ0) is 8.55. The predicted octanol–water partition coefficient (Wildman–Crippen LogP) is -2.31. The predicted molar refractivity (Wildman–Crippen MR) is 53.6 cm³/mol. The van der Waals surface area contributed by atoms with Crippen molar-refractivity contribution in [2.45, 2.75) is 19.8 Å². The van der Waals surface area contributed by atoms with E-state index in [0.29, 0.717) is 5.92 Å². The van der Waals surface area contributed by atoms with Crippen LogP contribution in [-0.4, -0.2) is 0 Å². The van der Waals surface area contributed by atoms with Crippen molar-refractivity contribution in [3.8, 4) is 0 Å². The van der Waals surface area contributed by atoms with Crippen LogP contribution < -0.4 is 24.8 Å². The molecule has 0 saturated carbocycles. The van der Waals surface area contributed by atoms with E-state index < -0.39 is 0 Å². The maximum atomic E-state index is 2.28. The monoisotopic (exact) mass is 275 g/mol. The second-order valence-electron chi connectivity index (χ2n) is 3.57. The molecule has 0 aromatic heterocycles. The smallest absolute Gasteiger partial charge is 1.00 e. The first-order valence-electron chi connectivity index (χ1n) is 4.43. The summed E-state index contributed by atoms with van der Waals surface area (Å²) in [4.78, 5) is 0. The molecule has 2 aromatic carbocycles. The topological polar surface area (TPSA) is 0 Å². The van der Waals surface area contributed by atoms with Gasteiger partial charge < -0.3 is 24.8 Å². The molecule has 15 heavy (non-hydrogen) atoms. The summed E-state index contributed by atoms with van der Waals surface area (Å²) in [5, 5.41) is 2.72. The molecule has 2 aromatic rings. The Kier molecular flexibility index (Phi) is 8.65. The third-order valence-corrected chi connectivity index (χ3v) is 2.31. The van der Waals surface area contributed by atoms with Crippen LogP contribution in [0.25, 0.3) is 10.8 Å². The minimum Gasteiger partial charge on any atom is -1.00 e. The Morgan fingerprint density at radius 1 is 1.07 bits per heavy atom. The van der Waals surface area contributed by atoms with Gasteiger partial charge >= 0.3 is 21.7 Å². The molecule has 3 heteroatoms. The molecule has 0 aliphatic rings. The van der Waals surface area contributed by atoms with Crippen molar-refractivity contribution in [1.29, 1.82) is 0 Å². The van der Waals surface area contributed by atoms with Gasteiger partial charge in [0.25, 0.3) is 0 Å². The molecule has 0 N–H and O–H groups in total. The Balaban J connectivity index is 0. The summed E-state index contributed by atoms with van der Waals surface area (Å²) < 4.78 is 0. The fourth-order valence-electron chi connectivity index (χ4n) is 1.51. The van der Waals surface area contributed by atoms with Gasteiger partial charge in [-0.05, 0) is 5.92 Å². The zero-order valence-corrected chi connectivity index (χ0v) is 11.9. The van der Waals surface area contributed by atoms with Crippen molar-refractivity contribution >= 4 is 10.8 Å². The molecule has 2 rings (SSSR count). The van der Waals surface area contributed by atoms with E-state index in [0.717, 1.165) is 0 Å². The average Bonchev–Trinajstić information content (AvgIpc) is 2.46. The summed E-state index contributed by atoms with van der Waals surface area (Å²) in [5.41, 5.74) is 1.44. The molecule has 1 radical (unpaired) electrons. The van der Waals surface area contributed by atoms with Gasteiger partial charge in [0.2, 0.25) is 0 Å². The largest absolute Gasteiger partial charge is 3.00 e. The van der Waals surface area contributed by atoms with Crippen LogP contribution in [0.15, 0.2) is 36.4 Å². The van der Waals surface area contributed by atoms with Gasteiger partial charge in [-0.15, -0.1) is 40.6 Å². The third kappa shape index (κ3) is 3.88. The van der Waals surface area contributed by atoms with Crippen molar-refractivity contribution in [3.05, 3.63) is 42.0 Å². The van der Waals surface area contributed by atoms with Crippen LogP contribution in [-0.2, 0) is 21.7 Å². The van der Waals surface area contributed by atoms with Crippen molar-refractivity contribution in [3.63, 3.8) is 0 Å². The van der Waals surface area contributed by atoms with E-state index in [9.17, 15) is 0 Å². The molecular weight excluding hydrogens is 263 g/mol. The van der Waals surface area contributed by atoms with E-state index >= 15 is 0 Å². The van der Waals surface area contributed by atoms with Gasteiger partial charge in [0.1, 0.15) is 0 Å². The van der Waals surface area contributed by atoms with Gasteiger partial charge in [-0.2, -0.15) is 6.07 Å². The molecule has 0 bridgehead atoms. The van der Waals surface area contributed by atoms with Crippen molar-refractivity contribution in [1.82, 2.24) is 0 Å². The number of fused-ring (bicyclic) bond motifs is 1. The summed E-state index contributed by atoms with van der Waals surface area (Å²) in [6.07, 6.45) is 0. The maximum absolute atomic E-state index is 2.28. The zero-order valence-electron chi connectivity index (χ0n) is 8.80. The summed E-state index contributed by atoms with van der Waals surface area (Å²) in [6.45, 7) is 4.46. The van der Waals surface area contributed by atoms with E-state index in [1.54, 1.807) is 0 Å². The molecule has 0 heterocycles. The Hall–Kier alpha value is 0.124. The minimum atomic E-state index is 0. The van der Waals surface area contributed by atoms with E-state index in [4.69, 9.17) is 0 Å². The third-order valence-electron chi connectivity index (χ3n) is 2.31. The van der Waals surface area contributed by atoms with Crippen molar-refractivity contribution < 1.29 is 46.5 Å². The van der Waals surface area contributed by atoms with Gasteiger partial charge in [-0.3, -0.25) is 0 Å². The number of rotatable bonds is 1. The van der Waals surface area contributed by atoms with Crippen LogP contribution in [0.3, 0.4) is 0 Å². The van der Waals surface area contributed by atoms with Crippen molar-refractivity contribution in [2.24, 2.45) is 0 Å². The molecule has 0 spiro atoms. The van der Waals surface area contributed by atoms with Gasteiger partial charge in [-0.25, -0.2) is 0 Å². The Bertz CT molecular complexity index is 360. The van der Waals surface area contributed by atoms with Gasteiger partial charge in [-0.1, -0.05) is 19.9 Å². The second kappa shape index (κ2) is 7.41. The van der Waals surface area contributed by atoms with E-state index in [1.165, 1.54) is 16.3 Å². The van der Waals surface area contributed by atoms with Gasteiger partial charge in [0, 0.05) is 0 Å². The Morgan fingerprint density at radius 2 is 1.67 bits per heavy atom. The molecule has 0 saturated heterocycles. The van der Waals surface area contributed by atoms with E-state index in [2.05, 4.69) is 50.2 Å². The summed E-state index contributed by atoms with van der Waals surface area (Å²) in [6, 6.07) is 13.1. The summed E-state index contributed by atoms with van der Waals surface area (Å²) in [5.74, 6) is 0.636. The molecule has 0 aliphatic carbocycles. The fraction of sp³-hybridized carbons (Fsp3) is 0.250. The number of benzene rings is 1. The summed E-state index contributed by atoms with van der Waals surface area (Å²) >= 11 is 0. The molecule has 0 atom stereocenters. The molecule has 0 unspecified atom stereocenters. The first-order valence-corrected chi connectivity index (χ1v) is 4.43. The maximum Gasteiger partial charge on any atom is 3.00 e. The normalized spacial score (nSPS) is 9.00. The van der Waals surface area contributed by atoms with Crippen LogP contribution in [0.1, 0.15) is 25.3 Å². The van der Waals surface area contributed by atoms with E-state index in [1.807, 2.05) is 0 Å². The number of hydrogen-bond donors (Lipinski definition) is 0. The molecule has 0 nitrogen and oxygen atoms in total. The Labute approximate surface area is 119 Å². The molecular formula is C12H13Cl2Ti. The Morgan fingerprint density at radius 3 is 2.20 bits per heavy atom. The first kappa shape index (κ1) is 17.5. The average molecular weight is 276 g/mol. The first-order chi connectivity index (χ1) is 5.77. The van der Waals surface area contributed by atoms with Gasteiger partial charge in [0.05, 0.1) is 0 Å². The summed E-state index contributed by atoms with van der Waals surface area (Å²) in [7, 11) is 0. The quantitative estimate of drug-likeness (QED) is 0.405. The second-order valence-corrected chi connectivity index (χ2v) is 3.57. The number of halogens is 2. The van der Waals surface area contributed by atoms with Crippen LogP contribution in [0.5, 0.6) is 0 Å². The standard InChI is InChI=1S/C12H13.2ClH.Ti/c1-9(2)12-7-10-5-3-4-6-11(10)8-12;;;/h3-9H,1-2H3;2*1H;/q-1;;;+3/p-2. The molecule has 0 fully saturated rings. The minimum absolute atomic E-state index is 0. The number of hydrogen-bond acceptors (Lipinski definition) is 0. The van der Waals surface area contributed by atoms with E-state index in [-0.39, 0.29) is 46.5 Å². The van der Waals surface area contributed by atoms with Gasteiger partial charge in [0.15, 0.2) is 0 Å². The molecule has 79 valence electrons. The van der Waals surface area contributed by atoms with Crippen LogP contribution in [0.2, 0.25) is 0 Å². The fourth-order valence-corrected chi connectivity index (χ4v) is 1.51. The van der Waals surface area contributed by atoms with Crippen LogP contribution >= 0.6 is 0 Å². The van der Waals surface area contributed by atoms with Crippen LogP contribution in [0, 0.1) is 0 Å². The molecule has 0 aliphatic heterocycles. The molecule has 0 amide bonds.